The third-order valence-electron chi connectivity index (χ3n) is 3.47. The van der Waals surface area contributed by atoms with Gasteiger partial charge in [0.15, 0.2) is 0 Å². The molecule has 0 heterocycles. The fraction of sp³-hybridized carbons (Fsp3) is 0.158. The van der Waals surface area contributed by atoms with Gasteiger partial charge in [0.2, 0.25) is 0 Å². The second-order valence-corrected chi connectivity index (χ2v) is 5.09. The van der Waals surface area contributed by atoms with E-state index >= 15 is 0 Å². The van der Waals surface area contributed by atoms with Crippen LogP contribution in [0.25, 0.3) is 11.1 Å². The van der Waals surface area contributed by atoms with Crippen LogP contribution in [0.2, 0.25) is 0 Å². The minimum Gasteiger partial charge on any atom is -0.466 e. The van der Waals surface area contributed by atoms with Gasteiger partial charge in [0.25, 0.3) is 0 Å². The number of esters is 2. The molecule has 0 bridgehead atoms. The number of hydrogen-bond acceptors (Lipinski definition) is 5. The Hall–Kier alpha value is -3.08. The Bertz CT molecular complexity index is 780. The van der Waals surface area contributed by atoms with E-state index in [0.717, 1.165) is 22.8 Å². The van der Waals surface area contributed by atoms with Crippen LogP contribution in [-0.4, -0.2) is 26.2 Å². The van der Waals surface area contributed by atoms with Gasteiger partial charge in [-0.25, -0.2) is 9.59 Å². The van der Waals surface area contributed by atoms with Crippen LogP contribution in [0.15, 0.2) is 60.3 Å². The van der Waals surface area contributed by atoms with Gasteiger partial charge in [-0.15, -0.1) is 0 Å². The molecule has 0 aliphatic rings. The summed E-state index contributed by atoms with van der Waals surface area (Å²) in [6, 6.07) is 15.6. The van der Waals surface area contributed by atoms with Crippen LogP contribution >= 0.6 is 0 Å². The molecule has 0 atom stereocenters. The number of hydrogen-bond donors (Lipinski definition) is 1. The smallest absolute Gasteiger partial charge is 0.354 e. The van der Waals surface area contributed by atoms with Gasteiger partial charge in [0, 0.05) is 5.69 Å². The van der Waals surface area contributed by atoms with E-state index in [0.29, 0.717) is 5.69 Å². The van der Waals surface area contributed by atoms with E-state index in [9.17, 15) is 9.59 Å². The third kappa shape index (κ3) is 4.23. The van der Waals surface area contributed by atoms with Gasteiger partial charge >= 0.3 is 11.9 Å². The average molecular weight is 325 g/mol. The minimum absolute atomic E-state index is 0.00582. The zero-order chi connectivity index (χ0) is 17.5. The largest absolute Gasteiger partial charge is 0.466 e. The van der Waals surface area contributed by atoms with Crippen LogP contribution in [0.5, 0.6) is 0 Å². The third-order valence-corrected chi connectivity index (χ3v) is 3.47. The molecule has 0 radical (unpaired) electrons. The van der Waals surface area contributed by atoms with Crippen molar-refractivity contribution in [2.45, 2.75) is 6.92 Å². The number of benzene rings is 2. The Morgan fingerprint density at radius 2 is 1.75 bits per heavy atom. The van der Waals surface area contributed by atoms with Crippen molar-refractivity contribution >= 4 is 17.6 Å². The summed E-state index contributed by atoms with van der Waals surface area (Å²) < 4.78 is 9.25. The summed E-state index contributed by atoms with van der Waals surface area (Å²) in [6.45, 7) is 2.03. The van der Waals surface area contributed by atoms with E-state index in [4.69, 9.17) is 0 Å². The molecule has 0 saturated carbocycles. The second-order valence-electron chi connectivity index (χ2n) is 5.09. The fourth-order valence-corrected chi connectivity index (χ4v) is 2.25. The highest BCUT2D eigenvalue weighted by molar-refractivity contribution is 5.98. The molecule has 0 fully saturated rings. The van der Waals surface area contributed by atoms with E-state index in [1.807, 2.05) is 49.4 Å². The van der Waals surface area contributed by atoms with Gasteiger partial charge in [0.05, 0.1) is 20.3 Å². The number of anilines is 1. The van der Waals surface area contributed by atoms with Gasteiger partial charge in [-0.2, -0.15) is 0 Å². The van der Waals surface area contributed by atoms with E-state index < -0.39 is 11.9 Å². The average Bonchev–Trinajstić information content (AvgIpc) is 2.61. The number of aryl methyl sites for hydroxylation is 1. The summed E-state index contributed by atoms with van der Waals surface area (Å²) in [5.41, 5.74) is 3.91. The molecule has 0 aliphatic heterocycles. The molecule has 2 aromatic carbocycles. The molecule has 0 spiro atoms. The Balaban J connectivity index is 2.34. The second kappa shape index (κ2) is 7.97. The zero-order valence-electron chi connectivity index (χ0n) is 13.8. The molecule has 0 saturated heterocycles. The molecular formula is C19H19NO4. The predicted octanol–water partition coefficient (Wildman–Crippen LogP) is 3.30. The summed E-state index contributed by atoms with van der Waals surface area (Å²) in [4.78, 5) is 23.2. The monoisotopic (exact) mass is 325 g/mol. The van der Waals surface area contributed by atoms with Crippen LogP contribution < -0.4 is 5.32 Å². The predicted molar refractivity (Wildman–Crippen MR) is 92.4 cm³/mol. The molecule has 124 valence electrons. The topological polar surface area (TPSA) is 64.6 Å². The zero-order valence-corrected chi connectivity index (χ0v) is 13.8. The molecular weight excluding hydrogens is 306 g/mol. The van der Waals surface area contributed by atoms with E-state index in [1.165, 1.54) is 14.2 Å². The molecule has 0 aromatic heterocycles. The molecule has 5 nitrogen and oxygen atoms in total. The van der Waals surface area contributed by atoms with Crippen molar-refractivity contribution in [3.8, 4) is 11.1 Å². The van der Waals surface area contributed by atoms with E-state index in [-0.39, 0.29) is 5.70 Å². The molecule has 24 heavy (non-hydrogen) atoms. The maximum absolute atomic E-state index is 11.8. The van der Waals surface area contributed by atoms with E-state index in [1.54, 1.807) is 6.07 Å². The first-order valence-electron chi connectivity index (χ1n) is 7.36. The number of carbonyl (C=O) groups excluding carboxylic acids is 2. The van der Waals surface area contributed by atoms with Gasteiger partial charge < -0.3 is 14.8 Å². The number of nitrogens with one attached hydrogen (secondary N) is 1. The molecule has 2 rings (SSSR count). The Kier molecular flexibility index (Phi) is 5.73. The highest BCUT2D eigenvalue weighted by atomic mass is 16.5. The summed E-state index contributed by atoms with van der Waals surface area (Å²) in [5, 5.41) is 2.91. The number of carbonyl (C=O) groups is 2. The number of rotatable bonds is 5. The van der Waals surface area contributed by atoms with Crippen molar-refractivity contribution in [3.05, 3.63) is 65.9 Å². The van der Waals surface area contributed by atoms with Crippen molar-refractivity contribution in [1.29, 1.82) is 0 Å². The summed E-state index contributed by atoms with van der Waals surface area (Å²) in [6.07, 6.45) is 1.06. The highest BCUT2D eigenvalue weighted by Gasteiger charge is 2.13. The summed E-state index contributed by atoms with van der Waals surface area (Å²) >= 11 is 0. The van der Waals surface area contributed by atoms with Gasteiger partial charge in [-0.05, 0) is 35.7 Å². The van der Waals surface area contributed by atoms with Crippen LogP contribution in [0.4, 0.5) is 5.69 Å². The van der Waals surface area contributed by atoms with Gasteiger partial charge in [0.1, 0.15) is 5.70 Å². The number of methoxy groups -OCH3 is 2. The molecule has 0 aliphatic carbocycles. The first-order valence-corrected chi connectivity index (χ1v) is 7.36. The SMILES string of the molecule is COC(=O)/C=C(/Nc1cccc(-c2ccccc2C)c1)C(=O)OC. The molecule has 0 unspecified atom stereocenters. The summed E-state index contributed by atoms with van der Waals surface area (Å²) in [5.74, 6) is -1.29. The lowest BCUT2D eigenvalue weighted by atomic mass is 10.0. The molecule has 2 aromatic rings. The molecule has 0 amide bonds. The van der Waals surface area contributed by atoms with Crippen molar-refractivity contribution in [2.75, 3.05) is 19.5 Å². The van der Waals surface area contributed by atoms with Crippen LogP contribution in [-0.2, 0) is 19.1 Å². The van der Waals surface area contributed by atoms with Gasteiger partial charge in [-0.1, -0.05) is 36.4 Å². The Morgan fingerprint density at radius 3 is 2.42 bits per heavy atom. The lowest BCUT2D eigenvalue weighted by Gasteiger charge is -2.11. The Labute approximate surface area is 140 Å². The first kappa shape index (κ1) is 17.3. The standard InChI is InChI=1S/C19H19NO4/c1-13-7-4-5-10-16(13)14-8-6-9-15(11-14)20-17(19(22)24-3)12-18(21)23-2/h4-12,20H,1-3H3/b17-12+. The quantitative estimate of drug-likeness (QED) is 0.675. The van der Waals surface area contributed by atoms with Crippen LogP contribution in [0.1, 0.15) is 5.56 Å². The maximum Gasteiger partial charge on any atom is 0.354 e. The van der Waals surface area contributed by atoms with Crippen molar-refractivity contribution in [1.82, 2.24) is 0 Å². The van der Waals surface area contributed by atoms with Crippen molar-refractivity contribution in [3.63, 3.8) is 0 Å². The first-order chi connectivity index (χ1) is 11.5. The van der Waals surface area contributed by atoms with E-state index in [2.05, 4.69) is 14.8 Å². The van der Waals surface area contributed by atoms with Crippen molar-refractivity contribution < 1.29 is 19.1 Å². The maximum atomic E-state index is 11.8. The Morgan fingerprint density at radius 1 is 1.00 bits per heavy atom. The summed E-state index contributed by atoms with van der Waals surface area (Å²) in [7, 11) is 2.49. The number of ether oxygens (including phenoxy) is 2. The highest BCUT2D eigenvalue weighted by Crippen LogP contribution is 2.26. The minimum atomic E-state index is -0.651. The fourth-order valence-electron chi connectivity index (χ4n) is 2.25. The lowest BCUT2D eigenvalue weighted by Crippen LogP contribution is -2.15. The molecule has 5 heteroatoms. The molecule has 1 N–H and O–H groups in total. The van der Waals surface area contributed by atoms with Crippen LogP contribution in [0, 0.1) is 6.92 Å². The lowest BCUT2D eigenvalue weighted by molar-refractivity contribution is -0.138. The normalized spacial score (nSPS) is 10.9. The van der Waals surface area contributed by atoms with Crippen LogP contribution in [0.3, 0.4) is 0 Å². The van der Waals surface area contributed by atoms with Gasteiger partial charge in [-0.3, -0.25) is 0 Å². The van der Waals surface area contributed by atoms with Crippen molar-refractivity contribution in [2.24, 2.45) is 0 Å².